The number of carbonyl (C=O) groups is 1. The molecule has 1 saturated heterocycles. The van der Waals surface area contributed by atoms with Gasteiger partial charge in [0.1, 0.15) is 24.4 Å². The van der Waals surface area contributed by atoms with E-state index in [4.69, 9.17) is 9.84 Å². The standard InChI is InChI=1S/C13H17NO9/c15-3-7-9(19)10(20)11(21)13(23-7)14-12(22)4-1-5(16)8(18)6(17)2-4/h1-2,7,9-11,13,15-21H,3H2,(H,14,22)/t7-,9-,10+,11-,13-/m1/s1. The Bertz CT molecular complexity index is 568. The number of aromatic hydroxyl groups is 3. The average Bonchev–Trinajstić information content (AvgIpc) is 2.52. The number of carbonyl (C=O) groups excluding carboxylic acids is 1. The highest BCUT2D eigenvalue weighted by Crippen LogP contribution is 2.35. The quantitative estimate of drug-likeness (QED) is 0.274. The molecule has 1 aliphatic rings. The fraction of sp³-hybridized carbons (Fsp3) is 0.462. The maximum absolute atomic E-state index is 12.0. The van der Waals surface area contributed by atoms with Gasteiger partial charge in [-0.1, -0.05) is 0 Å². The van der Waals surface area contributed by atoms with Gasteiger partial charge in [0.25, 0.3) is 5.91 Å². The van der Waals surface area contributed by atoms with E-state index in [1.54, 1.807) is 0 Å². The summed E-state index contributed by atoms with van der Waals surface area (Å²) in [6.07, 6.45) is -7.54. The topological polar surface area (TPSA) is 180 Å². The summed E-state index contributed by atoms with van der Waals surface area (Å²) in [6, 6.07) is 1.74. The first-order valence-electron chi connectivity index (χ1n) is 6.62. The second-order valence-electron chi connectivity index (χ2n) is 5.09. The number of ether oxygens (including phenoxy) is 1. The zero-order valence-electron chi connectivity index (χ0n) is 11.7. The molecule has 1 aromatic rings. The summed E-state index contributed by atoms with van der Waals surface area (Å²) in [5.74, 6) is -3.16. The number of aliphatic hydroxyl groups excluding tert-OH is 4. The number of benzene rings is 1. The summed E-state index contributed by atoms with van der Waals surface area (Å²) in [7, 11) is 0. The molecule has 128 valence electrons. The van der Waals surface area contributed by atoms with E-state index in [2.05, 4.69) is 5.32 Å². The summed E-state index contributed by atoms with van der Waals surface area (Å²) in [5, 5.41) is 68.2. The van der Waals surface area contributed by atoms with Gasteiger partial charge in [-0.05, 0) is 12.1 Å². The Hall–Kier alpha value is -2.11. The molecule has 0 radical (unpaired) electrons. The lowest BCUT2D eigenvalue weighted by Crippen LogP contribution is -2.63. The number of aliphatic hydroxyl groups is 4. The van der Waals surface area contributed by atoms with Crippen molar-refractivity contribution in [3.05, 3.63) is 17.7 Å². The third kappa shape index (κ3) is 3.30. The number of amides is 1. The van der Waals surface area contributed by atoms with Crippen molar-refractivity contribution in [2.24, 2.45) is 0 Å². The maximum Gasteiger partial charge on any atom is 0.253 e. The van der Waals surface area contributed by atoms with Crippen LogP contribution in [0.2, 0.25) is 0 Å². The van der Waals surface area contributed by atoms with Crippen LogP contribution in [0.5, 0.6) is 17.2 Å². The average molecular weight is 331 g/mol. The van der Waals surface area contributed by atoms with Crippen LogP contribution < -0.4 is 5.32 Å². The van der Waals surface area contributed by atoms with Crippen LogP contribution in [0.1, 0.15) is 10.4 Å². The zero-order chi connectivity index (χ0) is 17.3. The van der Waals surface area contributed by atoms with Crippen molar-refractivity contribution in [3.63, 3.8) is 0 Å². The van der Waals surface area contributed by atoms with Crippen LogP contribution in [0.15, 0.2) is 12.1 Å². The molecule has 1 heterocycles. The first-order chi connectivity index (χ1) is 10.8. The number of nitrogens with one attached hydrogen (secondary N) is 1. The maximum atomic E-state index is 12.0. The lowest BCUT2D eigenvalue weighted by molar-refractivity contribution is -0.233. The Morgan fingerprint density at radius 1 is 1.04 bits per heavy atom. The van der Waals surface area contributed by atoms with Crippen molar-refractivity contribution < 1.29 is 45.3 Å². The molecule has 5 atom stereocenters. The Balaban J connectivity index is 2.16. The van der Waals surface area contributed by atoms with Gasteiger partial charge in [0.15, 0.2) is 23.5 Å². The van der Waals surface area contributed by atoms with Gasteiger partial charge in [0, 0.05) is 5.56 Å². The fourth-order valence-corrected chi connectivity index (χ4v) is 2.17. The number of phenolic OH excluding ortho intramolecular Hbond substituents is 3. The molecule has 8 N–H and O–H groups in total. The SMILES string of the molecule is O=C(N[C@@H]1O[C@H](CO)[C@@H](O)[C@H](O)[C@H]1O)c1cc(O)c(O)c(O)c1. The molecular formula is C13H17NO9. The molecule has 0 aromatic heterocycles. The molecule has 0 unspecified atom stereocenters. The van der Waals surface area contributed by atoms with E-state index < -0.39 is 60.4 Å². The zero-order valence-corrected chi connectivity index (χ0v) is 11.7. The third-order valence-corrected chi connectivity index (χ3v) is 3.50. The molecular weight excluding hydrogens is 314 g/mol. The van der Waals surface area contributed by atoms with Crippen LogP contribution in [0.25, 0.3) is 0 Å². The first-order valence-corrected chi connectivity index (χ1v) is 6.62. The Morgan fingerprint density at radius 2 is 1.61 bits per heavy atom. The molecule has 0 bridgehead atoms. The van der Waals surface area contributed by atoms with E-state index in [0.717, 1.165) is 12.1 Å². The summed E-state index contributed by atoms with van der Waals surface area (Å²) in [5.41, 5.74) is -0.255. The fourth-order valence-electron chi connectivity index (χ4n) is 2.17. The van der Waals surface area contributed by atoms with Crippen LogP contribution in [0.4, 0.5) is 0 Å². The van der Waals surface area contributed by atoms with E-state index in [1.807, 2.05) is 0 Å². The van der Waals surface area contributed by atoms with Crippen LogP contribution in [-0.4, -0.2) is 78.9 Å². The molecule has 23 heavy (non-hydrogen) atoms. The predicted octanol–water partition coefficient (Wildman–Crippen LogP) is -2.67. The number of hydrogen-bond acceptors (Lipinski definition) is 9. The van der Waals surface area contributed by atoms with Crippen LogP contribution in [0, 0.1) is 0 Å². The molecule has 10 nitrogen and oxygen atoms in total. The molecule has 10 heteroatoms. The first kappa shape index (κ1) is 17.2. The molecule has 2 rings (SSSR count). The smallest absolute Gasteiger partial charge is 0.253 e. The number of hydrogen-bond donors (Lipinski definition) is 8. The van der Waals surface area contributed by atoms with Crippen molar-refractivity contribution in [1.82, 2.24) is 5.32 Å². The second kappa shape index (κ2) is 6.56. The summed E-state index contributed by atoms with van der Waals surface area (Å²) in [6.45, 7) is -0.655. The minimum absolute atomic E-state index is 0.255. The van der Waals surface area contributed by atoms with Gasteiger partial charge in [0.2, 0.25) is 0 Å². The molecule has 1 aromatic carbocycles. The van der Waals surface area contributed by atoms with Gasteiger partial charge in [-0.15, -0.1) is 0 Å². The van der Waals surface area contributed by atoms with Gasteiger partial charge in [-0.25, -0.2) is 0 Å². The monoisotopic (exact) mass is 331 g/mol. The summed E-state index contributed by atoms with van der Waals surface area (Å²) < 4.78 is 5.09. The minimum Gasteiger partial charge on any atom is -0.504 e. The normalized spacial score (nSPS) is 30.9. The number of rotatable bonds is 3. The van der Waals surface area contributed by atoms with Crippen LogP contribution >= 0.6 is 0 Å². The molecule has 0 saturated carbocycles. The van der Waals surface area contributed by atoms with E-state index in [-0.39, 0.29) is 5.56 Å². The highest BCUT2D eigenvalue weighted by Gasteiger charge is 2.44. The molecule has 0 aliphatic carbocycles. The van der Waals surface area contributed by atoms with Gasteiger partial charge in [-0.2, -0.15) is 0 Å². The van der Waals surface area contributed by atoms with E-state index in [0.29, 0.717) is 0 Å². The predicted molar refractivity (Wildman–Crippen MR) is 72.7 cm³/mol. The molecule has 1 aliphatic heterocycles. The van der Waals surface area contributed by atoms with E-state index in [9.17, 15) is 35.4 Å². The minimum atomic E-state index is -1.67. The summed E-state index contributed by atoms with van der Waals surface area (Å²) in [4.78, 5) is 12.0. The van der Waals surface area contributed by atoms with Crippen molar-refractivity contribution in [1.29, 1.82) is 0 Å². The Kier molecular flexibility index (Phi) is 4.92. The van der Waals surface area contributed by atoms with E-state index >= 15 is 0 Å². The highest BCUT2D eigenvalue weighted by atomic mass is 16.6. The molecule has 1 fully saturated rings. The Morgan fingerprint density at radius 3 is 2.13 bits per heavy atom. The summed E-state index contributed by atoms with van der Waals surface area (Å²) >= 11 is 0. The van der Waals surface area contributed by atoms with Gasteiger partial charge < -0.3 is 45.8 Å². The highest BCUT2D eigenvalue weighted by molar-refractivity contribution is 5.95. The third-order valence-electron chi connectivity index (χ3n) is 3.50. The lowest BCUT2D eigenvalue weighted by Gasteiger charge is -2.40. The van der Waals surface area contributed by atoms with Crippen molar-refractivity contribution in [3.8, 4) is 17.2 Å². The van der Waals surface area contributed by atoms with Gasteiger partial charge in [-0.3, -0.25) is 4.79 Å². The van der Waals surface area contributed by atoms with E-state index in [1.165, 1.54) is 0 Å². The van der Waals surface area contributed by atoms with Crippen LogP contribution in [-0.2, 0) is 4.74 Å². The van der Waals surface area contributed by atoms with Crippen molar-refractivity contribution in [2.45, 2.75) is 30.6 Å². The van der Waals surface area contributed by atoms with Crippen LogP contribution in [0.3, 0.4) is 0 Å². The lowest BCUT2D eigenvalue weighted by atomic mass is 9.98. The van der Waals surface area contributed by atoms with Crippen molar-refractivity contribution in [2.75, 3.05) is 6.61 Å². The van der Waals surface area contributed by atoms with Gasteiger partial charge in [0.05, 0.1) is 6.61 Å². The second-order valence-corrected chi connectivity index (χ2v) is 5.09. The number of phenols is 3. The molecule has 1 amide bonds. The molecule has 0 spiro atoms. The Labute approximate surface area is 129 Å². The van der Waals surface area contributed by atoms with Gasteiger partial charge >= 0.3 is 0 Å². The largest absolute Gasteiger partial charge is 0.504 e. The van der Waals surface area contributed by atoms with Crippen molar-refractivity contribution >= 4 is 5.91 Å².